The first-order valence-corrected chi connectivity index (χ1v) is 9.42. The Morgan fingerprint density at radius 3 is 2.41 bits per heavy atom. The lowest BCUT2D eigenvalue weighted by Crippen LogP contribution is -2.35. The van der Waals surface area contributed by atoms with Crippen LogP contribution in [0.1, 0.15) is 34.3 Å². The standard InChI is InChI=1S/C21H24N4O4/c1-13-5-4-6-14(2)20(13)23-19(26)12-24(3)21(27)15-7-10-17(22-16-8-9-16)18(11-15)25(28)29/h4-7,10-11,16,22H,8-9,12H2,1-3H3,(H,23,26). The van der Waals surface area contributed by atoms with E-state index < -0.39 is 10.8 Å². The van der Waals surface area contributed by atoms with Crippen LogP contribution in [0.4, 0.5) is 17.1 Å². The minimum Gasteiger partial charge on any atom is -0.377 e. The molecule has 2 aromatic carbocycles. The van der Waals surface area contributed by atoms with Gasteiger partial charge in [0.25, 0.3) is 11.6 Å². The zero-order valence-corrected chi connectivity index (χ0v) is 16.7. The van der Waals surface area contributed by atoms with E-state index in [1.807, 2.05) is 32.0 Å². The molecular weight excluding hydrogens is 372 g/mol. The average Bonchev–Trinajstić information content (AvgIpc) is 3.48. The fourth-order valence-corrected chi connectivity index (χ4v) is 3.08. The molecule has 8 heteroatoms. The van der Waals surface area contributed by atoms with Crippen molar-refractivity contribution in [3.8, 4) is 0 Å². The summed E-state index contributed by atoms with van der Waals surface area (Å²) in [4.78, 5) is 37.2. The van der Waals surface area contributed by atoms with E-state index in [4.69, 9.17) is 0 Å². The van der Waals surface area contributed by atoms with Gasteiger partial charge < -0.3 is 15.5 Å². The van der Waals surface area contributed by atoms with Gasteiger partial charge in [0.2, 0.25) is 5.91 Å². The molecule has 1 aliphatic rings. The summed E-state index contributed by atoms with van der Waals surface area (Å²) in [6, 6.07) is 10.3. The van der Waals surface area contributed by atoms with E-state index >= 15 is 0 Å². The number of nitro groups is 1. The van der Waals surface area contributed by atoms with Gasteiger partial charge in [-0.25, -0.2) is 0 Å². The number of hydrogen-bond donors (Lipinski definition) is 2. The summed E-state index contributed by atoms with van der Waals surface area (Å²) in [6.45, 7) is 3.63. The molecule has 0 spiro atoms. The van der Waals surface area contributed by atoms with E-state index in [-0.39, 0.29) is 29.7 Å². The molecule has 29 heavy (non-hydrogen) atoms. The number of rotatable bonds is 7. The average molecular weight is 396 g/mol. The maximum absolute atomic E-state index is 12.7. The van der Waals surface area contributed by atoms with Crippen LogP contribution in [-0.4, -0.2) is 41.3 Å². The monoisotopic (exact) mass is 396 g/mol. The predicted molar refractivity (Wildman–Crippen MR) is 111 cm³/mol. The Hall–Kier alpha value is -3.42. The van der Waals surface area contributed by atoms with E-state index in [0.717, 1.165) is 29.7 Å². The van der Waals surface area contributed by atoms with E-state index in [2.05, 4.69) is 10.6 Å². The highest BCUT2D eigenvalue weighted by molar-refractivity contribution is 6.00. The molecule has 0 bridgehead atoms. The summed E-state index contributed by atoms with van der Waals surface area (Å²) < 4.78 is 0. The van der Waals surface area contributed by atoms with E-state index in [0.29, 0.717) is 5.69 Å². The first-order valence-electron chi connectivity index (χ1n) is 9.42. The Balaban J connectivity index is 1.70. The van der Waals surface area contributed by atoms with Crippen LogP contribution < -0.4 is 10.6 Å². The smallest absolute Gasteiger partial charge is 0.293 e. The SMILES string of the molecule is Cc1cccc(C)c1NC(=O)CN(C)C(=O)c1ccc(NC2CC2)c([N+](=O)[O-])c1. The number of anilines is 2. The minimum atomic E-state index is -0.505. The van der Waals surface area contributed by atoms with Crippen LogP contribution in [0.15, 0.2) is 36.4 Å². The van der Waals surface area contributed by atoms with Gasteiger partial charge in [0, 0.05) is 30.4 Å². The molecule has 0 radical (unpaired) electrons. The maximum atomic E-state index is 12.7. The van der Waals surface area contributed by atoms with Gasteiger partial charge in [0.05, 0.1) is 11.5 Å². The highest BCUT2D eigenvalue weighted by atomic mass is 16.6. The second-order valence-corrected chi connectivity index (χ2v) is 7.38. The molecule has 2 aromatic rings. The second kappa shape index (κ2) is 8.30. The lowest BCUT2D eigenvalue weighted by atomic mass is 10.1. The Morgan fingerprint density at radius 2 is 1.83 bits per heavy atom. The van der Waals surface area contributed by atoms with Crippen molar-refractivity contribution in [3.05, 3.63) is 63.2 Å². The lowest BCUT2D eigenvalue weighted by Gasteiger charge is -2.18. The van der Waals surface area contributed by atoms with Crippen LogP contribution in [-0.2, 0) is 4.79 Å². The van der Waals surface area contributed by atoms with Crippen molar-refractivity contribution in [3.63, 3.8) is 0 Å². The number of nitrogens with zero attached hydrogens (tertiary/aromatic N) is 2. The van der Waals surface area contributed by atoms with Crippen LogP contribution in [0, 0.1) is 24.0 Å². The molecule has 8 nitrogen and oxygen atoms in total. The number of aryl methyl sites for hydroxylation is 2. The number of benzene rings is 2. The highest BCUT2D eigenvalue weighted by Crippen LogP contribution is 2.31. The van der Waals surface area contributed by atoms with Crippen LogP contribution in [0.2, 0.25) is 0 Å². The summed E-state index contributed by atoms with van der Waals surface area (Å²) in [7, 11) is 1.49. The number of likely N-dealkylation sites (N-methyl/N-ethyl adjacent to an activating group) is 1. The van der Waals surface area contributed by atoms with Crippen LogP contribution in [0.25, 0.3) is 0 Å². The first-order chi connectivity index (χ1) is 13.8. The maximum Gasteiger partial charge on any atom is 0.293 e. The van der Waals surface area contributed by atoms with Crippen molar-refractivity contribution >= 4 is 28.9 Å². The van der Waals surface area contributed by atoms with E-state index in [1.54, 1.807) is 12.1 Å². The third-order valence-corrected chi connectivity index (χ3v) is 4.85. The quantitative estimate of drug-likeness (QED) is 0.551. The predicted octanol–water partition coefficient (Wildman–Crippen LogP) is 3.50. The molecular formula is C21H24N4O4. The first kappa shape index (κ1) is 20.3. The fraction of sp³-hybridized carbons (Fsp3) is 0.333. The lowest BCUT2D eigenvalue weighted by molar-refractivity contribution is -0.384. The Morgan fingerprint density at radius 1 is 1.17 bits per heavy atom. The Labute approximate surface area is 169 Å². The number of amides is 2. The largest absolute Gasteiger partial charge is 0.377 e. The van der Waals surface area contributed by atoms with Gasteiger partial charge in [-0.05, 0) is 49.9 Å². The summed E-state index contributed by atoms with van der Waals surface area (Å²) in [5.41, 5.74) is 3.02. The molecule has 0 heterocycles. The molecule has 1 aliphatic carbocycles. The summed E-state index contributed by atoms with van der Waals surface area (Å²) in [5.74, 6) is -0.789. The summed E-state index contributed by atoms with van der Waals surface area (Å²) >= 11 is 0. The molecule has 1 saturated carbocycles. The number of carbonyl (C=O) groups excluding carboxylic acids is 2. The van der Waals surface area contributed by atoms with Crippen molar-refractivity contribution in [1.82, 2.24) is 4.90 Å². The number of nitro benzene ring substituents is 1. The zero-order valence-electron chi connectivity index (χ0n) is 16.7. The van der Waals surface area contributed by atoms with Crippen molar-refractivity contribution in [2.45, 2.75) is 32.7 Å². The molecule has 3 rings (SSSR count). The van der Waals surface area contributed by atoms with Crippen molar-refractivity contribution in [2.24, 2.45) is 0 Å². The molecule has 2 amide bonds. The van der Waals surface area contributed by atoms with Gasteiger partial charge in [-0.1, -0.05) is 18.2 Å². The van der Waals surface area contributed by atoms with Gasteiger partial charge >= 0.3 is 0 Å². The molecule has 152 valence electrons. The topological polar surface area (TPSA) is 105 Å². The van der Waals surface area contributed by atoms with Gasteiger partial charge in [-0.2, -0.15) is 0 Å². The van der Waals surface area contributed by atoms with Gasteiger partial charge in [0.1, 0.15) is 5.69 Å². The molecule has 0 atom stereocenters. The Kier molecular flexibility index (Phi) is 5.81. The third-order valence-electron chi connectivity index (χ3n) is 4.85. The number of para-hydroxylation sites is 1. The summed E-state index contributed by atoms with van der Waals surface area (Å²) in [6.07, 6.45) is 1.96. The highest BCUT2D eigenvalue weighted by Gasteiger charge is 2.26. The van der Waals surface area contributed by atoms with Crippen LogP contribution >= 0.6 is 0 Å². The van der Waals surface area contributed by atoms with Gasteiger partial charge in [-0.3, -0.25) is 19.7 Å². The fourth-order valence-electron chi connectivity index (χ4n) is 3.08. The third kappa shape index (κ3) is 4.90. The van der Waals surface area contributed by atoms with Gasteiger partial charge in [-0.15, -0.1) is 0 Å². The van der Waals surface area contributed by atoms with Crippen molar-refractivity contribution in [1.29, 1.82) is 0 Å². The molecule has 0 aliphatic heterocycles. The minimum absolute atomic E-state index is 0.142. The van der Waals surface area contributed by atoms with Crippen LogP contribution in [0.5, 0.6) is 0 Å². The summed E-state index contributed by atoms with van der Waals surface area (Å²) in [5, 5.41) is 17.3. The van der Waals surface area contributed by atoms with E-state index in [1.165, 1.54) is 18.0 Å². The molecule has 0 aromatic heterocycles. The van der Waals surface area contributed by atoms with Gasteiger partial charge in [0.15, 0.2) is 0 Å². The molecule has 0 unspecified atom stereocenters. The van der Waals surface area contributed by atoms with E-state index in [9.17, 15) is 19.7 Å². The molecule has 0 saturated heterocycles. The number of nitrogens with one attached hydrogen (secondary N) is 2. The zero-order chi connectivity index (χ0) is 21.1. The van der Waals surface area contributed by atoms with Crippen LogP contribution in [0.3, 0.4) is 0 Å². The Bertz CT molecular complexity index is 949. The van der Waals surface area contributed by atoms with Crippen molar-refractivity contribution in [2.75, 3.05) is 24.2 Å². The molecule has 2 N–H and O–H groups in total. The number of carbonyl (C=O) groups is 2. The normalized spacial score (nSPS) is 12.9. The second-order valence-electron chi connectivity index (χ2n) is 7.38. The molecule has 1 fully saturated rings. The van der Waals surface area contributed by atoms with Crippen molar-refractivity contribution < 1.29 is 14.5 Å². The number of hydrogen-bond acceptors (Lipinski definition) is 5.